The van der Waals surface area contributed by atoms with Crippen molar-refractivity contribution in [1.29, 1.82) is 0 Å². The second-order valence-corrected chi connectivity index (χ2v) is 7.10. The van der Waals surface area contributed by atoms with Gasteiger partial charge in [-0.05, 0) is 56.0 Å². The van der Waals surface area contributed by atoms with E-state index in [9.17, 15) is 13.6 Å². The minimum absolute atomic E-state index is 0.0898. The van der Waals surface area contributed by atoms with Gasteiger partial charge in [-0.2, -0.15) is 5.10 Å². The molecule has 1 aromatic heterocycles. The van der Waals surface area contributed by atoms with Gasteiger partial charge in [-0.3, -0.25) is 9.69 Å². The standard InChI is InChI=1S/C19H21F2N3O/c20-15-8-13(9-16(21)10-15)11-23-7-1-2-17(23)12-24-19(25)6-5-18(22-24)14-3-4-14/h5-6,8-10,14,17H,1-4,7,11-12H2. The number of nitrogens with zero attached hydrogens (tertiary/aromatic N) is 3. The average Bonchev–Trinajstić information content (AvgIpc) is 3.31. The molecule has 4 rings (SSSR count). The third-order valence-corrected chi connectivity index (χ3v) is 5.07. The Labute approximate surface area is 145 Å². The zero-order valence-corrected chi connectivity index (χ0v) is 14.0. The molecule has 1 atom stereocenters. The van der Waals surface area contributed by atoms with Gasteiger partial charge in [-0.1, -0.05) is 0 Å². The third kappa shape index (κ3) is 3.79. The van der Waals surface area contributed by atoms with Crippen LogP contribution in [-0.2, 0) is 13.1 Å². The normalized spacial score (nSPS) is 21.0. The number of hydrogen-bond acceptors (Lipinski definition) is 3. The van der Waals surface area contributed by atoms with E-state index in [0.717, 1.165) is 44.0 Å². The first kappa shape index (κ1) is 16.4. The van der Waals surface area contributed by atoms with Crippen molar-refractivity contribution in [1.82, 2.24) is 14.7 Å². The fourth-order valence-electron chi connectivity index (χ4n) is 3.64. The molecule has 2 heterocycles. The van der Waals surface area contributed by atoms with Crippen LogP contribution < -0.4 is 5.56 Å². The van der Waals surface area contributed by atoms with E-state index >= 15 is 0 Å². The van der Waals surface area contributed by atoms with Gasteiger partial charge in [-0.15, -0.1) is 0 Å². The van der Waals surface area contributed by atoms with Crippen LogP contribution in [0.3, 0.4) is 0 Å². The number of hydrogen-bond donors (Lipinski definition) is 0. The number of benzene rings is 1. The predicted molar refractivity (Wildman–Crippen MR) is 90.3 cm³/mol. The van der Waals surface area contributed by atoms with Crippen LogP contribution in [0.4, 0.5) is 8.78 Å². The van der Waals surface area contributed by atoms with Gasteiger partial charge in [0.1, 0.15) is 11.6 Å². The van der Waals surface area contributed by atoms with Crippen molar-refractivity contribution in [3.05, 3.63) is 63.6 Å². The Balaban J connectivity index is 1.50. The molecule has 0 spiro atoms. The lowest BCUT2D eigenvalue weighted by atomic mass is 10.1. The molecule has 2 fully saturated rings. The van der Waals surface area contributed by atoms with Crippen molar-refractivity contribution < 1.29 is 8.78 Å². The molecule has 1 aliphatic carbocycles. The van der Waals surface area contributed by atoms with E-state index in [1.165, 1.54) is 12.1 Å². The van der Waals surface area contributed by atoms with E-state index in [4.69, 9.17) is 0 Å². The van der Waals surface area contributed by atoms with Crippen molar-refractivity contribution in [2.75, 3.05) is 6.54 Å². The molecule has 6 heteroatoms. The smallest absolute Gasteiger partial charge is 0.266 e. The Morgan fingerprint density at radius 3 is 2.56 bits per heavy atom. The molecule has 0 bridgehead atoms. The first-order valence-corrected chi connectivity index (χ1v) is 8.85. The summed E-state index contributed by atoms with van der Waals surface area (Å²) in [6, 6.07) is 7.22. The molecule has 2 aromatic rings. The molecule has 4 nitrogen and oxygen atoms in total. The van der Waals surface area contributed by atoms with Crippen LogP contribution in [0.25, 0.3) is 0 Å². The predicted octanol–water partition coefficient (Wildman–Crippen LogP) is 3.06. The highest BCUT2D eigenvalue weighted by molar-refractivity contribution is 5.18. The highest BCUT2D eigenvalue weighted by Gasteiger charge is 2.28. The highest BCUT2D eigenvalue weighted by Crippen LogP contribution is 2.38. The van der Waals surface area contributed by atoms with Crippen molar-refractivity contribution in [3.8, 4) is 0 Å². The maximum atomic E-state index is 13.4. The van der Waals surface area contributed by atoms with Crippen molar-refractivity contribution in [2.45, 2.75) is 50.7 Å². The van der Waals surface area contributed by atoms with Gasteiger partial charge in [0.2, 0.25) is 0 Å². The van der Waals surface area contributed by atoms with Gasteiger partial charge in [0.25, 0.3) is 5.56 Å². The van der Waals surface area contributed by atoms with Crippen molar-refractivity contribution >= 4 is 0 Å². The minimum atomic E-state index is -0.555. The van der Waals surface area contributed by atoms with E-state index in [1.807, 2.05) is 6.07 Å². The lowest BCUT2D eigenvalue weighted by Crippen LogP contribution is -2.36. The first-order chi connectivity index (χ1) is 12.1. The number of aromatic nitrogens is 2. The second-order valence-electron chi connectivity index (χ2n) is 7.10. The summed E-state index contributed by atoms with van der Waals surface area (Å²) in [7, 11) is 0. The lowest BCUT2D eigenvalue weighted by Gasteiger charge is -2.25. The van der Waals surface area contributed by atoms with E-state index in [2.05, 4.69) is 10.00 Å². The van der Waals surface area contributed by atoms with Crippen LogP contribution in [-0.4, -0.2) is 27.3 Å². The Kier molecular flexibility index (Phi) is 4.37. The molecule has 0 radical (unpaired) electrons. The summed E-state index contributed by atoms with van der Waals surface area (Å²) in [5.74, 6) is -0.608. The highest BCUT2D eigenvalue weighted by atomic mass is 19.1. The summed E-state index contributed by atoms with van der Waals surface area (Å²) in [5, 5.41) is 4.52. The Bertz CT molecular complexity index is 811. The molecule has 0 amide bonds. The molecule has 2 aliphatic rings. The zero-order chi connectivity index (χ0) is 17.4. The van der Waals surface area contributed by atoms with Crippen LogP contribution in [0.15, 0.2) is 35.1 Å². The Morgan fingerprint density at radius 2 is 1.84 bits per heavy atom. The number of rotatable bonds is 5. The SMILES string of the molecule is O=c1ccc(C2CC2)nn1CC1CCCN1Cc1cc(F)cc(F)c1. The van der Waals surface area contributed by atoms with E-state index in [0.29, 0.717) is 24.6 Å². The van der Waals surface area contributed by atoms with Gasteiger partial charge in [-0.25, -0.2) is 13.5 Å². The maximum Gasteiger partial charge on any atom is 0.266 e. The van der Waals surface area contributed by atoms with Crippen molar-refractivity contribution in [3.63, 3.8) is 0 Å². The number of likely N-dealkylation sites (tertiary alicyclic amines) is 1. The summed E-state index contributed by atoms with van der Waals surface area (Å²) in [4.78, 5) is 14.3. The molecule has 1 aliphatic heterocycles. The van der Waals surface area contributed by atoms with Gasteiger partial charge in [0, 0.05) is 30.6 Å². The second kappa shape index (κ2) is 6.67. The summed E-state index contributed by atoms with van der Waals surface area (Å²) in [5.41, 5.74) is 1.53. The van der Waals surface area contributed by atoms with Crippen LogP contribution >= 0.6 is 0 Å². The zero-order valence-electron chi connectivity index (χ0n) is 14.0. The van der Waals surface area contributed by atoms with E-state index in [1.54, 1.807) is 10.7 Å². The summed E-state index contributed by atoms with van der Waals surface area (Å²) in [6.07, 6.45) is 4.26. The van der Waals surface area contributed by atoms with Crippen LogP contribution in [0.1, 0.15) is 42.9 Å². The van der Waals surface area contributed by atoms with E-state index < -0.39 is 11.6 Å². The largest absolute Gasteiger partial charge is 0.294 e. The summed E-state index contributed by atoms with van der Waals surface area (Å²) in [6.45, 7) is 1.87. The fourth-order valence-corrected chi connectivity index (χ4v) is 3.64. The molecular weight excluding hydrogens is 324 g/mol. The molecule has 1 saturated heterocycles. The summed E-state index contributed by atoms with van der Waals surface area (Å²) < 4.78 is 28.4. The summed E-state index contributed by atoms with van der Waals surface area (Å²) >= 11 is 0. The van der Waals surface area contributed by atoms with E-state index in [-0.39, 0.29) is 11.6 Å². The molecule has 1 saturated carbocycles. The third-order valence-electron chi connectivity index (χ3n) is 5.07. The monoisotopic (exact) mass is 345 g/mol. The molecule has 1 unspecified atom stereocenters. The number of halogens is 2. The van der Waals surface area contributed by atoms with Crippen molar-refractivity contribution in [2.24, 2.45) is 0 Å². The quantitative estimate of drug-likeness (QED) is 0.836. The molecule has 132 valence electrons. The Hall–Kier alpha value is -2.08. The van der Waals surface area contributed by atoms with Crippen LogP contribution in [0.5, 0.6) is 0 Å². The fraction of sp³-hybridized carbons (Fsp3) is 0.474. The Morgan fingerprint density at radius 1 is 1.08 bits per heavy atom. The minimum Gasteiger partial charge on any atom is -0.294 e. The topological polar surface area (TPSA) is 38.1 Å². The molecular formula is C19H21F2N3O. The van der Waals surface area contributed by atoms with Gasteiger partial charge in [0.05, 0.1) is 12.2 Å². The van der Waals surface area contributed by atoms with Crippen LogP contribution in [0.2, 0.25) is 0 Å². The first-order valence-electron chi connectivity index (χ1n) is 8.85. The van der Waals surface area contributed by atoms with Gasteiger partial charge >= 0.3 is 0 Å². The molecule has 25 heavy (non-hydrogen) atoms. The van der Waals surface area contributed by atoms with Gasteiger partial charge in [0.15, 0.2) is 0 Å². The molecule has 0 N–H and O–H groups in total. The van der Waals surface area contributed by atoms with Gasteiger partial charge < -0.3 is 0 Å². The average molecular weight is 345 g/mol. The maximum absolute atomic E-state index is 13.4. The van der Waals surface area contributed by atoms with Crippen LogP contribution in [0, 0.1) is 11.6 Å². The lowest BCUT2D eigenvalue weighted by molar-refractivity contribution is 0.216. The molecule has 1 aromatic carbocycles.